The van der Waals surface area contributed by atoms with Gasteiger partial charge in [-0.25, -0.2) is 0 Å². The molecule has 0 bridgehead atoms. The molecule has 0 spiro atoms. The molecular formula is C25H27N3O4S. The van der Waals surface area contributed by atoms with Crippen LogP contribution in [0.25, 0.3) is 0 Å². The summed E-state index contributed by atoms with van der Waals surface area (Å²) >= 11 is 2.00. The van der Waals surface area contributed by atoms with Crippen molar-refractivity contribution in [1.82, 2.24) is 4.90 Å². The Bertz CT molecular complexity index is 1090. The van der Waals surface area contributed by atoms with E-state index >= 15 is 0 Å². The Morgan fingerprint density at radius 3 is 2.67 bits per heavy atom. The highest BCUT2D eigenvalue weighted by Gasteiger charge is 2.13. The number of anilines is 2. The van der Waals surface area contributed by atoms with Gasteiger partial charge in [0, 0.05) is 48.6 Å². The maximum Gasteiger partial charge on any atom is 0.291 e. The molecule has 0 aliphatic carbocycles. The molecule has 172 valence electrons. The van der Waals surface area contributed by atoms with Crippen LogP contribution < -0.4 is 15.4 Å². The quantitative estimate of drug-likeness (QED) is 0.513. The minimum Gasteiger partial charge on any atom is -0.484 e. The van der Waals surface area contributed by atoms with Crippen molar-refractivity contribution >= 4 is 35.0 Å². The van der Waals surface area contributed by atoms with E-state index in [9.17, 15) is 9.59 Å². The van der Waals surface area contributed by atoms with Crippen LogP contribution in [0.3, 0.4) is 0 Å². The van der Waals surface area contributed by atoms with E-state index in [0.717, 1.165) is 30.9 Å². The number of thioether (sulfide) groups is 1. The van der Waals surface area contributed by atoms with Crippen LogP contribution in [-0.2, 0) is 11.3 Å². The predicted octanol–water partition coefficient (Wildman–Crippen LogP) is 4.41. The normalized spacial score (nSPS) is 14.0. The summed E-state index contributed by atoms with van der Waals surface area (Å²) < 4.78 is 10.7. The Kier molecular flexibility index (Phi) is 7.70. The van der Waals surface area contributed by atoms with Crippen LogP contribution >= 0.6 is 11.8 Å². The molecule has 1 aliphatic heterocycles. The molecule has 1 saturated heterocycles. The second-order valence-corrected chi connectivity index (χ2v) is 9.06. The zero-order valence-corrected chi connectivity index (χ0v) is 19.3. The number of carbonyl (C=O) groups excluding carboxylic acids is 2. The number of hydrogen-bond acceptors (Lipinski definition) is 6. The fraction of sp³-hybridized carbons (Fsp3) is 0.280. The van der Waals surface area contributed by atoms with E-state index in [1.807, 2.05) is 24.8 Å². The first kappa shape index (κ1) is 22.9. The van der Waals surface area contributed by atoms with Crippen LogP contribution in [0.5, 0.6) is 5.75 Å². The molecule has 2 N–H and O–H groups in total. The highest BCUT2D eigenvalue weighted by molar-refractivity contribution is 7.99. The highest BCUT2D eigenvalue weighted by Crippen LogP contribution is 2.21. The second kappa shape index (κ2) is 11.1. The molecule has 8 heteroatoms. The lowest BCUT2D eigenvalue weighted by molar-refractivity contribution is -0.118. The average molecular weight is 466 g/mol. The molecule has 0 atom stereocenters. The van der Waals surface area contributed by atoms with Gasteiger partial charge in [-0.3, -0.25) is 14.5 Å². The molecule has 1 aromatic heterocycles. The number of nitrogens with zero attached hydrogens (tertiary/aromatic N) is 1. The maximum absolute atomic E-state index is 12.4. The monoisotopic (exact) mass is 465 g/mol. The summed E-state index contributed by atoms with van der Waals surface area (Å²) in [6.45, 7) is 5.03. The SMILES string of the molecule is Cc1cc(CN2CCSCC2)ccc1NC(=O)COc1cccc(NC(=O)c2ccco2)c1. The Hall–Kier alpha value is -3.23. The van der Waals surface area contributed by atoms with Crippen LogP contribution in [0.4, 0.5) is 11.4 Å². The average Bonchev–Trinajstić information content (AvgIpc) is 3.36. The molecule has 2 aromatic carbocycles. The number of aryl methyl sites for hydroxylation is 1. The largest absolute Gasteiger partial charge is 0.484 e. The minimum absolute atomic E-state index is 0.137. The number of nitrogens with one attached hydrogen (secondary N) is 2. The molecule has 4 rings (SSSR count). The van der Waals surface area contributed by atoms with Gasteiger partial charge in [0.25, 0.3) is 11.8 Å². The Labute approximate surface area is 197 Å². The number of rotatable bonds is 8. The molecule has 3 aromatic rings. The lowest BCUT2D eigenvalue weighted by atomic mass is 10.1. The third-order valence-corrected chi connectivity index (χ3v) is 6.22. The second-order valence-electron chi connectivity index (χ2n) is 7.83. The van der Waals surface area contributed by atoms with Crippen molar-refractivity contribution in [2.24, 2.45) is 0 Å². The molecule has 2 heterocycles. The van der Waals surface area contributed by atoms with Gasteiger partial charge in [0.1, 0.15) is 5.75 Å². The summed E-state index contributed by atoms with van der Waals surface area (Å²) in [5, 5.41) is 5.65. The van der Waals surface area contributed by atoms with Crippen molar-refractivity contribution in [3.8, 4) is 5.75 Å². The number of benzene rings is 2. The first-order valence-electron chi connectivity index (χ1n) is 10.8. The van der Waals surface area contributed by atoms with E-state index in [-0.39, 0.29) is 24.2 Å². The Balaban J connectivity index is 1.28. The van der Waals surface area contributed by atoms with Crippen LogP contribution in [-0.4, -0.2) is 47.9 Å². The van der Waals surface area contributed by atoms with E-state index in [4.69, 9.17) is 9.15 Å². The van der Waals surface area contributed by atoms with Gasteiger partial charge in [0.05, 0.1) is 6.26 Å². The van der Waals surface area contributed by atoms with Crippen molar-refractivity contribution in [1.29, 1.82) is 0 Å². The lowest BCUT2D eigenvalue weighted by Crippen LogP contribution is -2.32. The van der Waals surface area contributed by atoms with Crippen molar-refractivity contribution in [2.75, 3.05) is 41.8 Å². The number of ether oxygens (including phenoxy) is 1. The molecule has 2 amide bonds. The molecule has 0 saturated carbocycles. The van der Waals surface area contributed by atoms with Crippen molar-refractivity contribution in [3.63, 3.8) is 0 Å². The van der Waals surface area contributed by atoms with Gasteiger partial charge in [0.15, 0.2) is 12.4 Å². The summed E-state index contributed by atoms with van der Waals surface area (Å²) in [5.74, 6) is 2.47. The molecule has 7 nitrogen and oxygen atoms in total. The third kappa shape index (κ3) is 6.63. The summed E-state index contributed by atoms with van der Waals surface area (Å²) in [6.07, 6.45) is 1.44. The molecule has 1 fully saturated rings. The molecule has 33 heavy (non-hydrogen) atoms. The summed E-state index contributed by atoms with van der Waals surface area (Å²) in [6, 6.07) is 16.3. The molecule has 0 radical (unpaired) electrons. The summed E-state index contributed by atoms with van der Waals surface area (Å²) in [7, 11) is 0. The van der Waals surface area contributed by atoms with Crippen LogP contribution in [0.15, 0.2) is 65.3 Å². The van der Waals surface area contributed by atoms with Crippen molar-refractivity contribution < 1.29 is 18.7 Å². The minimum atomic E-state index is -0.354. The van der Waals surface area contributed by atoms with Gasteiger partial charge in [-0.05, 0) is 48.4 Å². The first-order chi connectivity index (χ1) is 16.1. The zero-order chi connectivity index (χ0) is 23.0. The number of carbonyl (C=O) groups is 2. The fourth-order valence-corrected chi connectivity index (χ4v) is 4.56. The third-order valence-electron chi connectivity index (χ3n) is 5.28. The highest BCUT2D eigenvalue weighted by atomic mass is 32.2. The van der Waals surface area contributed by atoms with E-state index in [2.05, 4.69) is 27.7 Å². The Morgan fingerprint density at radius 1 is 1.06 bits per heavy atom. The topological polar surface area (TPSA) is 83.8 Å². The van der Waals surface area contributed by atoms with Crippen LogP contribution in [0.1, 0.15) is 21.7 Å². The summed E-state index contributed by atoms with van der Waals surface area (Å²) in [5.41, 5.74) is 3.60. The predicted molar refractivity (Wildman–Crippen MR) is 131 cm³/mol. The van der Waals surface area contributed by atoms with Crippen LogP contribution in [0.2, 0.25) is 0 Å². The van der Waals surface area contributed by atoms with Crippen LogP contribution in [0, 0.1) is 6.92 Å². The fourth-order valence-electron chi connectivity index (χ4n) is 3.58. The van der Waals surface area contributed by atoms with Crippen molar-refractivity contribution in [2.45, 2.75) is 13.5 Å². The summed E-state index contributed by atoms with van der Waals surface area (Å²) in [4.78, 5) is 27.0. The number of amides is 2. The standard InChI is InChI=1S/C25H27N3O4S/c1-18-14-19(16-28-9-12-33-13-10-28)7-8-22(18)27-24(29)17-32-21-5-2-4-20(15-21)26-25(30)23-6-3-11-31-23/h2-8,11,14-15H,9-10,12-13,16-17H2,1H3,(H,26,30)(H,27,29). The van der Waals surface area contributed by atoms with Crippen molar-refractivity contribution in [3.05, 3.63) is 77.7 Å². The van der Waals surface area contributed by atoms with E-state index in [1.165, 1.54) is 23.3 Å². The van der Waals surface area contributed by atoms with Gasteiger partial charge in [-0.15, -0.1) is 0 Å². The van der Waals surface area contributed by atoms with Gasteiger partial charge in [-0.1, -0.05) is 18.2 Å². The lowest BCUT2D eigenvalue weighted by Gasteiger charge is -2.26. The molecule has 1 aliphatic rings. The Morgan fingerprint density at radius 2 is 1.91 bits per heavy atom. The molecular weight excluding hydrogens is 438 g/mol. The van der Waals surface area contributed by atoms with Gasteiger partial charge in [0.2, 0.25) is 0 Å². The van der Waals surface area contributed by atoms with E-state index < -0.39 is 0 Å². The van der Waals surface area contributed by atoms with Gasteiger partial charge in [-0.2, -0.15) is 11.8 Å². The van der Waals surface area contributed by atoms with Gasteiger partial charge >= 0.3 is 0 Å². The molecule has 0 unspecified atom stereocenters. The van der Waals surface area contributed by atoms with E-state index in [0.29, 0.717) is 11.4 Å². The maximum atomic E-state index is 12.4. The van der Waals surface area contributed by atoms with E-state index in [1.54, 1.807) is 36.4 Å². The zero-order valence-electron chi connectivity index (χ0n) is 18.5. The first-order valence-corrected chi connectivity index (χ1v) is 12.0. The number of furan rings is 1. The smallest absolute Gasteiger partial charge is 0.291 e. The van der Waals surface area contributed by atoms with Gasteiger partial charge < -0.3 is 19.8 Å². The number of hydrogen-bond donors (Lipinski definition) is 2.